The highest BCUT2D eigenvalue weighted by molar-refractivity contribution is 5.93. The first kappa shape index (κ1) is 20.3. The van der Waals surface area contributed by atoms with Gasteiger partial charge in [-0.1, -0.05) is 42.5 Å². The SMILES string of the molecule is O=C(c1occc1COc1ccccc1)N1CCN(Cc2cccc3cccnc23)CC1. The lowest BCUT2D eigenvalue weighted by atomic mass is 10.1. The number of piperazine rings is 1. The van der Waals surface area contributed by atoms with E-state index in [1.54, 1.807) is 12.3 Å². The minimum atomic E-state index is -0.0758. The lowest BCUT2D eigenvalue weighted by Crippen LogP contribution is -2.48. The number of carbonyl (C=O) groups excluding carboxylic acids is 1. The standard InChI is InChI=1S/C26H25N3O3/c30-26(25-22(11-17-31-25)19-32-23-9-2-1-3-10-23)29-15-13-28(14-16-29)18-21-7-4-6-20-8-5-12-27-24(20)21/h1-12,17H,13-16,18-19H2. The molecule has 0 saturated carbocycles. The second-order valence-corrected chi connectivity index (χ2v) is 7.94. The van der Waals surface area contributed by atoms with Gasteiger partial charge in [-0.3, -0.25) is 14.7 Å². The molecular formula is C26H25N3O3. The third kappa shape index (κ3) is 4.36. The molecule has 0 bridgehead atoms. The fraction of sp³-hybridized carbons (Fsp3) is 0.231. The molecular weight excluding hydrogens is 402 g/mol. The number of aromatic nitrogens is 1. The van der Waals surface area contributed by atoms with E-state index >= 15 is 0 Å². The molecule has 1 fully saturated rings. The quantitative estimate of drug-likeness (QED) is 0.458. The van der Waals surface area contributed by atoms with Crippen LogP contribution in [0.2, 0.25) is 0 Å². The van der Waals surface area contributed by atoms with Crippen molar-refractivity contribution in [2.45, 2.75) is 13.2 Å². The van der Waals surface area contributed by atoms with E-state index in [1.165, 1.54) is 5.56 Å². The first-order valence-corrected chi connectivity index (χ1v) is 10.9. The Bertz CT molecular complexity index is 1190. The number of hydrogen-bond donors (Lipinski definition) is 0. The van der Waals surface area contributed by atoms with Crippen LogP contribution >= 0.6 is 0 Å². The van der Waals surface area contributed by atoms with Crippen molar-refractivity contribution in [2.24, 2.45) is 0 Å². The van der Waals surface area contributed by atoms with E-state index in [1.807, 2.05) is 47.5 Å². The third-order valence-corrected chi connectivity index (χ3v) is 5.85. The Labute approximate surface area is 187 Å². The molecule has 0 unspecified atom stereocenters. The zero-order chi connectivity index (χ0) is 21.8. The molecule has 0 N–H and O–H groups in total. The molecule has 5 rings (SSSR count). The number of benzene rings is 2. The molecule has 2 aromatic carbocycles. The summed E-state index contributed by atoms with van der Waals surface area (Å²) in [6.45, 7) is 4.08. The molecule has 4 aromatic rings. The third-order valence-electron chi connectivity index (χ3n) is 5.85. The number of carbonyl (C=O) groups is 1. The van der Waals surface area contributed by atoms with Crippen molar-refractivity contribution in [1.82, 2.24) is 14.8 Å². The van der Waals surface area contributed by atoms with Crippen molar-refractivity contribution < 1.29 is 13.9 Å². The Morgan fingerprint density at radius 3 is 2.56 bits per heavy atom. The minimum absolute atomic E-state index is 0.0758. The van der Waals surface area contributed by atoms with Crippen LogP contribution < -0.4 is 4.74 Å². The van der Waals surface area contributed by atoms with E-state index in [-0.39, 0.29) is 5.91 Å². The predicted molar refractivity (Wildman–Crippen MR) is 122 cm³/mol. The number of furan rings is 1. The Morgan fingerprint density at radius 2 is 1.72 bits per heavy atom. The van der Waals surface area contributed by atoms with Crippen molar-refractivity contribution in [1.29, 1.82) is 0 Å². The van der Waals surface area contributed by atoms with Gasteiger partial charge in [-0.25, -0.2) is 0 Å². The summed E-state index contributed by atoms with van der Waals surface area (Å²) in [5.74, 6) is 1.06. The Balaban J connectivity index is 1.19. The van der Waals surface area contributed by atoms with E-state index in [9.17, 15) is 4.79 Å². The number of hydrogen-bond acceptors (Lipinski definition) is 5. The van der Waals surface area contributed by atoms with Gasteiger partial charge in [0.2, 0.25) is 0 Å². The molecule has 0 aliphatic carbocycles. The first-order valence-electron chi connectivity index (χ1n) is 10.9. The molecule has 32 heavy (non-hydrogen) atoms. The fourth-order valence-electron chi connectivity index (χ4n) is 4.10. The predicted octanol–water partition coefficient (Wildman–Crippen LogP) is 4.36. The van der Waals surface area contributed by atoms with Gasteiger partial charge >= 0.3 is 0 Å². The van der Waals surface area contributed by atoms with Crippen LogP contribution in [0.3, 0.4) is 0 Å². The Morgan fingerprint density at radius 1 is 0.906 bits per heavy atom. The summed E-state index contributed by atoms with van der Waals surface area (Å²) < 4.78 is 11.3. The molecule has 162 valence electrons. The normalized spacial score (nSPS) is 14.6. The van der Waals surface area contributed by atoms with Crippen LogP contribution in [0.5, 0.6) is 5.75 Å². The van der Waals surface area contributed by atoms with Crippen LogP contribution in [-0.2, 0) is 13.2 Å². The molecule has 6 nitrogen and oxygen atoms in total. The molecule has 2 aromatic heterocycles. The van der Waals surface area contributed by atoms with Crippen molar-refractivity contribution >= 4 is 16.8 Å². The second kappa shape index (κ2) is 9.24. The summed E-state index contributed by atoms with van der Waals surface area (Å²) in [6.07, 6.45) is 3.39. The van der Waals surface area contributed by atoms with Gasteiger partial charge in [-0.05, 0) is 29.8 Å². The topological polar surface area (TPSA) is 58.8 Å². The Hall–Kier alpha value is -3.64. The van der Waals surface area contributed by atoms with Crippen LogP contribution in [0.4, 0.5) is 0 Å². The van der Waals surface area contributed by atoms with Crippen LogP contribution in [0.25, 0.3) is 10.9 Å². The average molecular weight is 428 g/mol. The van der Waals surface area contributed by atoms with Gasteiger partial charge in [-0.2, -0.15) is 0 Å². The maximum atomic E-state index is 13.1. The van der Waals surface area contributed by atoms with Gasteiger partial charge in [0.05, 0.1) is 11.8 Å². The Kier molecular flexibility index (Phi) is 5.85. The number of ether oxygens (including phenoxy) is 1. The molecule has 6 heteroatoms. The molecule has 1 saturated heterocycles. The number of nitrogens with zero attached hydrogens (tertiary/aromatic N) is 3. The highest BCUT2D eigenvalue weighted by Crippen LogP contribution is 2.21. The van der Waals surface area contributed by atoms with Crippen LogP contribution in [0.1, 0.15) is 21.7 Å². The monoisotopic (exact) mass is 427 g/mol. The summed E-state index contributed by atoms with van der Waals surface area (Å²) in [7, 11) is 0. The van der Waals surface area contributed by atoms with E-state index in [0.29, 0.717) is 25.5 Å². The van der Waals surface area contributed by atoms with Crippen molar-refractivity contribution in [3.8, 4) is 5.75 Å². The minimum Gasteiger partial charge on any atom is -0.489 e. The number of fused-ring (bicyclic) bond motifs is 1. The number of rotatable bonds is 6. The fourth-order valence-corrected chi connectivity index (χ4v) is 4.10. The smallest absolute Gasteiger partial charge is 0.290 e. The van der Waals surface area contributed by atoms with Crippen molar-refractivity contribution in [2.75, 3.05) is 26.2 Å². The molecule has 1 aliphatic heterocycles. The van der Waals surface area contributed by atoms with Gasteiger partial charge in [0, 0.05) is 49.9 Å². The van der Waals surface area contributed by atoms with E-state index < -0.39 is 0 Å². The van der Waals surface area contributed by atoms with E-state index in [4.69, 9.17) is 9.15 Å². The summed E-state index contributed by atoms with van der Waals surface area (Å²) >= 11 is 0. The van der Waals surface area contributed by atoms with Crippen LogP contribution in [0, 0.1) is 0 Å². The molecule has 3 heterocycles. The summed E-state index contributed by atoms with van der Waals surface area (Å²) in [6, 6.07) is 21.7. The van der Waals surface area contributed by atoms with Crippen LogP contribution in [-0.4, -0.2) is 46.9 Å². The number of para-hydroxylation sites is 2. The number of pyridine rings is 1. The van der Waals surface area contributed by atoms with E-state index in [2.05, 4.69) is 34.1 Å². The highest BCUT2D eigenvalue weighted by atomic mass is 16.5. The highest BCUT2D eigenvalue weighted by Gasteiger charge is 2.26. The average Bonchev–Trinajstić information content (AvgIpc) is 3.32. The summed E-state index contributed by atoms with van der Waals surface area (Å²) in [5, 5.41) is 1.15. The van der Waals surface area contributed by atoms with Gasteiger partial charge < -0.3 is 14.1 Å². The molecule has 0 spiro atoms. The van der Waals surface area contributed by atoms with Gasteiger partial charge in [-0.15, -0.1) is 0 Å². The van der Waals surface area contributed by atoms with Crippen molar-refractivity contribution in [3.05, 3.63) is 96.1 Å². The molecule has 0 radical (unpaired) electrons. The van der Waals surface area contributed by atoms with Gasteiger partial charge in [0.1, 0.15) is 12.4 Å². The summed E-state index contributed by atoms with van der Waals surface area (Å²) in [5.41, 5.74) is 3.03. The lowest BCUT2D eigenvalue weighted by molar-refractivity contribution is 0.0594. The van der Waals surface area contributed by atoms with Gasteiger partial charge in [0.25, 0.3) is 5.91 Å². The van der Waals surface area contributed by atoms with E-state index in [0.717, 1.165) is 41.9 Å². The van der Waals surface area contributed by atoms with Crippen LogP contribution in [0.15, 0.2) is 83.6 Å². The number of amides is 1. The maximum Gasteiger partial charge on any atom is 0.290 e. The largest absolute Gasteiger partial charge is 0.489 e. The van der Waals surface area contributed by atoms with Crippen molar-refractivity contribution in [3.63, 3.8) is 0 Å². The second-order valence-electron chi connectivity index (χ2n) is 7.94. The van der Waals surface area contributed by atoms with Gasteiger partial charge in [0.15, 0.2) is 5.76 Å². The lowest BCUT2D eigenvalue weighted by Gasteiger charge is -2.34. The summed E-state index contributed by atoms with van der Waals surface area (Å²) in [4.78, 5) is 21.9. The molecule has 1 aliphatic rings. The zero-order valence-corrected chi connectivity index (χ0v) is 17.8. The first-order chi connectivity index (χ1) is 15.8. The maximum absolute atomic E-state index is 13.1. The zero-order valence-electron chi connectivity index (χ0n) is 17.8. The molecule has 0 atom stereocenters. The molecule has 1 amide bonds.